The molecule has 1 aromatic rings. The van der Waals surface area contributed by atoms with Gasteiger partial charge in [0.1, 0.15) is 0 Å². The zero-order valence-corrected chi connectivity index (χ0v) is 28.9. The minimum Gasteiger partial charge on any atom is -0.418 e. The average Bonchev–Trinajstić information content (AvgIpc) is 3.80. The van der Waals surface area contributed by atoms with Crippen molar-refractivity contribution in [2.45, 2.75) is 133 Å². The van der Waals surface area contributed by atoms with Crippen LogP contribution in [0.25, 0.3) is 0 Å². The number of hydrogen-bond acceptors (Lipinski definition) is 6. The van der Waals surface area contributed by atoms with E-state index in [1.165, 1.54) is 56.9 Å². The van der Waals surface area contributed by atoms with Crippen LogP contribution >= 0.6 is 0 Å². The molecule has 0 aromatic heterocycles. The molecular weight excluding hydrogens is 557 g/mol. The van der Waals surface area contributed by atoms with Crippen LogP contribution in [0.15, 0.2) is 30.3 Å². The van der Waals surface area contributed by atoms with Crippen molar-refractivity contribution in [3.63, 3.8) is 0 Å². The minimum absolute atomic E-state index is 0.373. The molecule has 0 spiro atoms. The third kappa shape index (κ3) is 7.44. The van der Waals surface area contributed by atoms with E-state index in [4.69, 9.17) is 25.9 Å². The van der Waals surface area contributed by atoms with Crippen LogP contribution in [0.3, 0.4) is 0 Å². The SMILES string of the molecule is CC(C[Si]1(C)O[Si](C)(CCC2CCC3OC3C2)O[SiH](C)O[Si](C)(CCC2CCC3OC3C2)O1)c1ccccc1. The van der Waals surface area contributed by atoms with Crippen molar-refractivity contribution in [2.24, 2.45) is 11.8 Å². The Labute approximate surface area is 241 Å². The molecule has 0 amide bonds. The summed E-state index contributed by atoms with van der Waals surface area (Å²) < 4.78 is 40.3. The zero-order chi connectivity index (χ0) is 27.3. The van der Waals surface area contributed by atoms with Crippen molar-refractivity contribution < 1.29 is 25.9 Å². The van der Waals surface area contributed by atoms with E-state index < -0.39 is 35.0 Å². The highest BCUT2D eigenvalue weighted by atomic mass is 28.5. The van der Waals surface area contributed by atoms with Crippen LogP contribution in [0.5, 0.6) is 0 Å². The quantitative estimate of drug-likeness (QED) is 0.226. The first kappa shape index (κ1) is 28.9. The normalized spacial score (nSPS) is 46.3. The molecule has 2 aliphatic carbocycles. The highest BCUT2D eigenvalue weighted by molar-refractivity contribution is 6.90. The van der Waals surface area contributed by atoms with E-state index in [0.29, 0.717) is 30.3 Å². The van der Waals surface area contributed by atoms with Crippen molar-refractivity contribution in [1.82, 2.24) is 0 Å². The highest BCUT2D eigenvalue weighted by Crippen LogP contribution is 2.45. The monoisotopic (exact) mass is 606 g/mol. The molecule has 0 radical (unpaired) electrons. The molecule has 10 heteroatoms. The molecule has 218 valence electrons. The van der Waals surface area contributed by atoms with Gasteiger partial charge in [-0.05, 0) is 119 Å². The van der Waals surface area contributed by atoms with Crippen LogP contribution in [0.1, 0.15) is 69.8 Å². The third-order valence-electron chi connectivity index (χ3n) is 9.98. The number of benzene rings is 1. The molecule has 0 bridgehead atoms. The summed E-state index contributed by atoms with van der Waals surface area (Å²) in [5.74, 6) is 1.84. The molecular formula is C29H50O6Si4. The van der Waals surface area contributed by atoms with E-state index in [2.05, 4.69) is 63.4 Å². The van der Waals surface area contributed by atoms with Gasteiger partial charge in [0.15, 0.2) is 0 Å². The number of epoxide rings is 2. The summed E-state index contributed by atoms with van der Waals surface area (Å²) in [4.78, 5) is 0. The average molecular weight is 607 g/mol. The first-order valence-corrected chi connectivity index (χ1v) is 25.4. The maximum atomic E-state index is 7.34. The van der Waals surface area contributed by atoms with Gasteiger partial charge in [-0.15, -0.1) is 0 Å². The molecule has 3 saturated heterocycles. The summed E-state index contributed by atoms with van der Waals surface area (Å²) in [5, 5.41) is 0. The van der Waals surface area contributed by atoms with Crippen LogP contribution in [0.4, 0.5) is 0 Å². The van der Waals surface area contributed by atoms with Gasteiger partial charge in [-0.3, -0.25) is 0 Å². The zero-order valence-electron chi connectivity index (χ0n) is 24.7. The van der Waals surface area contributed by atoms with Gasteiger partial charge in [0, 0.05) is 0 Å². The lowest BCUT2D eigenvalue weighted by Gasteiger charge is -2.48. The lowest BCUT2D eigenvalue weighted by molar-refractivity contribution is 0.230. The van der Waals surface area contributed by atoms with Crippen LogP contribution in [0, 0.1) is 11.8 Å². The maximum absolute atomic E-state index is 7.34. The Balaban J connectivity index is 1.17. The van der Waals surface area contributed by atoms with Crippen LogP contribution < -0.4 is 0 Å². The van der Waals surface area contributed by atoms with Gasteiger partial charge in [0.05, 0.1) is 24.4 Å². The molecule has 9 atom stereocenters. The molecule has 5 fully saturated rings. The summed E-state index contributed by atoms with van der Waals surface area (Å²) in [5.41, 5.74) is 1.36. The topological polar surface area (TPSA) is 62.0 Å². The standard InChI is InChI=1S/C29H50O6Si4/c1-22(25-9-7-6-8-10-25)21-39(5)34-37(3,17-15-23-11-13-26-28(19-23)30-26)32-36(2)33-38(4,35-39)18-16-24-12-14-27-29(20-24)31-27/h6-10,22-24,26-29,36H,11-21H2,1-5H3. The molecule has 6 nitrogen and oxygen atoms in total. The van der Waals surface area contributed by atoms with Crippen molar-refractivity contribution in [1.29, 1.82) is 0 Å². The van der Waals surface area contributed by atoms with Crippen LogP contribution in [-0.2, 0) is 25.9 Å². The molecule has 6 rings (SSSR count). The Hall–Kier alpha value is -0.152. The molecule has 9 unspecified atom stereocenters. The second-order valence-electron chi connectivity index (χ2n) is 13.8. The number of rotatable bonds is 9. The fraction of sp³-hybridized carbons (Fsp3) is 0.793. The van der Waals surface area contributed by atoms with E-state index in [0.717, 1.165) is 30.0 Å². The van der Waals surface area contributed by atoms with Crippen molar-refractivity contribution in [3.05, 3.63) is 35.9 Å². The summed E-state index contributed by atoms with van der Waals surface area (Å²) in [7, 11) is -9.41. The molecule has 2 saturated carbocycles. The van der Waals surface area contributed by atoms with Gasteiger partial charge < -0.3 is 25.9 Å². The Kier molecular flexibility index (Phi) is 8.53. The van der Waals surface area contributed by atoms with E-state index >= 15 is 0 Å². The lowest BCUT2D eigenvalue weighted by atomic mass is 9.88. The molecule has 0 N–H and O–H groups in total. The maximum Gasteiger partial charge on any atom is 0.317 e. The van der Waals surface area contributed by atoms with Crippen LogP contribution in [-0.4, -0.2) is 59.4 Å². The fourth-order valence-electron chi connectivity index (χ4n) is 7.90. The summed E-state index contributed by atoms with van der Waals surface area (Å²) >= 11 is 0. The molecule has 1 aromatic carbocycles. The van der Waals surface area contributed by atoms with Crippen LogP contribution in [0.2, 0.25) is 44.3 Å². The van der Waals surface area contributed by atoms with E-state index in [1.54, 1.807) is 0 Å². The smallest absolute Gasteiger partial charge is 0.317 e. The van der Waals surface area contributed by atoms with Crippen molar-refractivity contribution in [2.75, 3.05) is 0 Å². The van der Waals surface area contributed by atoms with Gasteiger partial charge in [-0.25, -0.2) is 0 Å². The number of fused-ring (bicyclic) bond motifs is 2. The fourth-order valence-corrected chi connectivity index (χ4v) is 28.9. The van der Waals surface area contributed by atoms with Gasteiger partial charge >= 0.3 is 35.0 Å². The second kappa shape index (κ2) is 11.5. The van der Waals surface area contributed by atoms with Gasteiger partial charge in [-0.1, -0.05) is 37.3 Å². The summed E-state index contributed by atoms with van der Waals surface area (Å²) in [6.07, 6.45) is 12.0. The molecule has 39 heavy (non-hydrogen) atoms. The lowest BCUT2D eigenvalue weighted by Crippen LogP contribution is -2.63. The largest absolute Gasteiger partial charge is 0.418 e. The predicted molar refractivity (Wildman–Crippen MR) is 163 cm³/mol. The first-order chi connectivity index (χ1) is 18.6. The van der Waals surface area contributed by atoms with Crippen molar-refractivity contribution >= 4 is 35.0 Å². The molecule has 3 heterocycles. The Morgan fingerprint density at radius 1 is 0.744 bits per heavy atom. The molecule has 3 aliphatic heterocycles. The van der Waals surface area contributed by atoms with E-state index in [-0.39, 0.29) is 0 Å². The highest BCUT2D eigenvalue weighted by Gasteiger charge is 2.53. The predicted octanol–water partition coefficient (Wildman–Crippen LogP) is 6.85. The minimum atomic E-state index is -2.60. The summed E-state index contributed by atoms with van der Waals surface area (Å²) in [6.45, 7) is 11.5. The van der Waals surface area contributed by atoms with E-state index in [1.807, 2.05) is 0 Å². The Morgan fingerprint density at radius 2 is 1.26 bits per heavy atom. The number of hydrogen-bond donors (Lipinski definition) is 0. The summed E-state index contributed by atoms with van der Waals surface area (Å²) in [6, 6.07) is 13.9. The Bertz CT molecular complexity index is 938. The first-order valence-electron chi connectivity index (χ1n) is 15.7. The van der Waals surface area contributed by atoms with Crippen molar-refractivity contribution in [3.8, 4) is 0 Å². The second-order valence-corrected chi connectivity index (χ2v) is 26.7. The van der Waals surface area contributed by atoms with E-state index in [9.17, 15) is 0 Å². The number of ether oxygens (including phenoxy) is 2. The third-order valence-corrected chi connectivity index (χ3v) is 27.3. The molecule has 5 aliphatic rings. The van der Waals surface area contributed by atoms with Gasteiger partial charge in [0.2, 0.25) is 0 Å². The van der Waals surface area contributed by atoms with Gasteiger partial charge in [-0.2, -0.15) is 0 Å². The Morgan fingerprint density at radius 3 is 1.74 bits per heavy atom. The van der Waals surface area contributed by atoms with Gasteiger partial charge in [0.25, 0.3) is 0 Å².